The minimum atomic E-state index is -0.715. The van der Waals surface area contributed by atoms with Gasteiger partial charge in [0.15, 0.2) is 0 Å². The molecule has 1 aliphatic rings. The zero-order valence-electron chi connectivity index (χ0n) is 38.5. The van der Waals surface area contributed by atoms with E-state index in [4.69, 9.17) is 21.9 Å². The zero-order chi connectivity index (χ0) is 42.4. The molecule has 0 atom stereocenters. The van der Waals surface area contributed by atoms with Crippen molar-refractivity contribution in [1.29, 1.82) is 0 Å². The quantitative estimate of drug-likeness (QED) is 0.205. The van der Waals surface area contributed by atoms with Crippen molar-refractivity contribution in [2.24, 2.45) is 0 Å². The van der Waals surface area contributed by atoms with Gasteiger partial charge in [-0.25, -0.2) is 0 Å². The second kappa shape index (κ2) is 9.24. The van der Waals surface area contributed by atoms with Crippen LogP contribution < -0.4 is 0 Å². The molecule has 0 aliphatic carbocycles. The number of aromatic nitrogens is 1. The van der Waals surface area contributed by atoms with Crippen LogP contribution in [0.5, 0.6) is 0 Å². The average Bonchev–Trinajstić information content (AvgIpc) is 3.57. The van der Waals surface area contributed by atoms with Crippen LogP contribution in [0.25, 0.3) is 71.6 Å². The highest BCUT2D eigenvalue weighted by Crippen LogP contribution is 2.51. The van der Waals surface area contributed by atoms with Crippen molar-refractivity contribution in [2.45, 2.75) is 9.79 Å². The summed E-state index contributed by atoms with van der Waals surface area (Å²) in [6, 6.07) is 4.39. The van der Waals surface area contributed by atoms with Crippen LogP contribution in [-0.4, -0.2) is 4.57 Å². The molecule has 1 aliphatic heterocycles. The fourth-order valence-corrected chi connectivity index (χ4v) is 6.85. The maximum absolute atomic E-state index is 9.41. The Morgan fingerprint density at radius 1 is 0.500 bits per heavy atom. The molecule has 1 nitrogen and oxygen atoms in total. The Bertz CT molecular complexity index is 3220. The van der Waals surface area contributed by atoms with Crippen LogP contribution in [0, 0.1) is 0 Å². The van der Waals surface area contributed by atoms with E-state index < -0.39 is 96.3 Å². The van der Waals surface area contributed by atoms with Crippen molar-refractivity contribution in [3.8, 4) is 39.1 Å². The summed E-state index contributed by atoms with van der Waals surface area (Å²) in [6.45, 7) is 0. The topological polar surface area (TPSA) is 4.93 Å². The van der Waals surface area contributed by atoms with Gasteiger partial charge in [-0.05, 0) is 69.5 Å². The summed E-state index contributed by atoms with van der Waals surface area (Å²) in [6.07, 6.45) is 0. The van der Waals surface area contributed by atoms with Crippen LogP contribution in [0.2, 0.25) is 0 Å². The van der Waals surface area contributed by atoms with Gasteiger partial charge in [-0.15, -0.1) is 0 Å². The van der Waals surface area contributed by atoms with E-state index in [1.54, 1.807) is 36.4 Å². The lowest BCUT2D eigenvalue weighted by Gasteiger charge is -2.23. The summed E-state index contributed by atoms with van der Waals surface area (Å²) in [7, 11) is 0. The van der Waals surface area contributed by atoms with E-state index in [0.717, 1.165) is 14.4 Å². The van der Waals surface area contributed by atoms with Gasteiger partial charge in [0.1, 0.15) is 0 Å². The van der Waals surface area contributed by atoms with Gasteiger partial charge in [-0.2, -0.15) is 0 Å². The maximum atomic E-state index is 9.41. The van der Waals surface area contributed by atoms with Crippen molar-refractivity contribution >= 4 is 44.3 Å². The lowest BCUT2D eigenvalue weighted by atomic mass is 9.90. The molecule has 0 unspecified atom stereocenters. The molecule has 2 heteroatoms. The molecular weight excluding hydrogens is 527 g/mol. The summed E-state index contributed by atoms with van der Waals surface area (Å²) in [5, 5.41) is 0.836. The normalized spacial score (nSPS) is 17.9. The standard InChI is InChI=1S/C40H25NS/c1-3-11-26(12-4-1)27-21-23-37-35(25-27)32-17-9-16-31-29(22-24-38(42-37)39(31)32)33-18-10-19-34-30-15-7-8-20-36(30)41(40(33)34)28-13-5-2-6-14-28/h1-25H/i1D,2D,3D,4D,5D,6D,7D,8D,10D,11D,12D,13D,14D,15D,18D,19D,20D. The third kappa shape index (κ3) is 3.46. The minimum absolute atomic E-state index is 0.0201. The fraction of sp³-hybridized carbons (Fsp3) is 0. The molecule has 0 saturated carbocycles. The smallest absolute Gasteiger partial charge is 0.0645 e. The van der Waals surface area contributed by atoms with E-state index in [1.165, 1.54) is 11.8 Å². The van der Waals surface area contributed by atoms with Gasteiger partial charge in [0, 0.05) is 37.2 Å². The third-order valence-corrected chi connectivity index (χ3v) is 8.61. The van der Waals surface area contributed by atoms with Crippen molar-refractivity contribution in [1.82, 2.24) is 4.57 Å². The van der Waals surface area contributed by atoms with E-state index in [1.807, 2.05) is 12.1 Å². The first-order valence-corrected chi connectivity index (χ1v) is 13.8. The molecule has 0 N–H and O–H groups in total. The second-order valence-electron chi connectivity index (χ2n) is 9.66. The number of para-hydroxylation sites is 3. The Morgan fingerprint density at radius 3 is 2.14 bits per heavy atom. The summed E-state index contributed by atoms with van der Waals surface area (Å²) in [5.41, 5.74) is 1.22. The number of fused-ring (bicyclic) bond motifs is 5. The molecule has 0 saturated heterocycles. The van der Waals surface area contributed by atoms with Gasteiger partial charge in [-0.3, -0.25) is 0 Å². The van der Waals surface area contributed by atoms with Gasteiger partial charge in [-0.1, -0.05) is 127 Å². The van der Waals surface area contributed by atoms with Crippen LogP contribution in [0.1, 0.15) is 23.3 Å². The number of nitrogens with zero attached hydrogens (tertiary/aromatic N) is 1. The SMILES string of the molecule is [2H]c1c([2H])c([2H])c(-c2ccc3c(c2)-c2cccc4c(-c5c([2H])c([2H])c([2H])c6c7c([2H])c([2H])c([2H])c([2H])c7n(-c7c([2H])c([2H])c([2H])c([2H])c7[2H])c56)ccc(c24)S3)c([2H])c1[2H]. The molecule has 196 valence electrons. The van der Waals surface area contributed by atoms with Gasteiger partial charge in [0.05, 0.1) is 34.3 Å². The molecule has 0 radical (unpaired) electrons. The van der Waals surface area contributed by atoms with Crippen molar-refractivity contribution in [3.05, 3.63) is 151 Å². The molecule has 1 aromatic heterocycles. The molecule has 0 bridgehead atoms. The third-order valence-electron chi connectivity index (χ3n) is 7.47. The lowest BCUT2D eigenvalue weighted by Crippen LogP contribution is -1.97. The fourth-order valence-electron chi connectivity index (χ4n) is 5.74. The van der Waals surface area contributed by atoms with Gasteiger partial charge in [0.25, 0.3) is 0 Å². The summed E-state index contributed by atoms with van der Waals surface area (Å²) < 4.78 is 149. The molecule has 9 rings (SSSR count). The number of hydrogen-bond donors (Lipinski definition) is 0. The summed E-state index contributed by atoms with van der Waals surface area (Å²) in [4.78, 5) is 1.60. The van der Waals surface area contributed by atoms with E-state index in [2.05, 4.69) is 0 Å². The average molecular weight is 569 g/mol. The second-order valence-corrected chi connectivity index (χ2v) is 10.7. The van der Waals surface area contributed by atoms with E-state index >= 15 is 0 Å². The highest BCUT2D eigenvalue weighted by atomic mass is 32.2. The van der Waals surface area contributed by atoms with Crippen LogP contribution in [-0.2, 0) is 0 Å². The van der Waals surface area contributed by atoms with Crippen molar-refractivity contribution in [3.63, 3.8) is 0 Å². The maximum Gasteiger partial charge on any atom is 0.0645 e. The minimum Gasteiger partial charge on any atom is -0.309 e. The van der Waals surface area contributed by atoms with Crippen LogP contribution in [0.3, 0.4) is 0 Å². The van der Waals surface area contributed by atoms with E-state index in [0.29, 0.717) is 33.0 Å². The zero-order valence-corrected chi connectivity index (χ0v) is 22.3. The number of hydrogen-bond acceptors (Lipinski definition) is 1. The summed E-state index contributed by atoms with van der Waals surface area (Å²) in [5.74, 6) is 0. The highest BCUT2D eigenvalue weighted by Gasteiger charge is 2.23. The largest absolute Gasteiger partial charge is 0.309 e. The Kier molecular flexibility index (Phi) is 2.74. The molecule has 0 amide bonds. The first kappa shape index (κ1) is 12.4. The van der Waals surface area contributed by atoms with Crippen molar-refractivity contribution < 1.29 is 23.3 Å². The predicted molar refractivity (Wildman–Crippen MR) is 179 cm³/mol. The predicted octanol–water partition coefficient (Wildman–Crippen LogP) is 11.4. The van der Waals surface area contributed by atoms with E-state index in [-0.39, 0.29) is 45.0 Å². The summed E-state index contributed by atoms with van der Waals surface area (Å²) >= 11 is 1.42. The Labute approximate surface area is 272 Å². The molecule has 42 heavy (non-hydrogen) atoms. The van der Waals surface area contributed by atoms with Gasteiger partial charge in [0.2, 0.25) is 0 Å². The van der Waals surface area contributed by atoms with Crippen molar-refractivity contribution in [2.75, 3.05) is 0 Å². The van der Waals surface area contributed by atoms with Crippen LogP contribution in [0.15, 0.2) is 161 Å². The monoisotopic (exact) mass is 568 g/mol. The van der Waals surface area contributed by atoms with Gasteiger partial charge < -0.3 is 4.57 Å². The molecule has 2 heterocycles. The number of benzene rings is 7. The van der Waals surface area contributed by atoms with Gasteiger partial charge >= 0.3 is 0 Å². The Hall–Kier alpha value is -5.05. The molecule has 8 aromatic rings. The van der Waals surface area contributed by atoms with Crippen LogP contribution >= 0.6 is 11.8 Å². The highest BCUT2D eigenvalue weighted by molar-refractivity contribution is 7.99. The number of rotatable bonds is 3. The first-order valence-electron chi connectivity index (χ1n) is 21.5. The molecule has 0 spiro atoms. The molecular formula is C40H25NS. The Balaban J connectivity index is 1.43. The van der Waals surface area contributed by atoms with Crippen LogP contribution in [0.4, 0.5) is 0 Å². The Morgan fingerprint density at radius 2 is 1.26 bits per heavy atom. The lowest BCUT2D eigenvalue weighted by molar-refractivity contribution is 1.18. The molecule has 7 aromatic carbocycles. The first-order chi connectivity index (χ1) is 27.9. The van der Waals surface area contributed by atoms with E-state index in [9.17, 15) is 1.37 Å². The molecule has 0 fully saturated rings.